The van der Waals surface area contributed by atoms with Crippen molar-refractivity contribution in [2.75, 3.05) is 0 Å². The van der Waals surface area contributed by atoms with Crippen molar-refractivity contribution in [3.05, 3.63) is 14.5 Å². The van der Waals surface area contributed by atoms with Crippen molar-refractivity contribution in [2.24, 2.45) is 0 Å². The zero-order chi connectivity index (χ0) is 10.4. The molecule has 1 heterocycles. The van der Waals surface area contributed by atoms with E-state index in [-0.39, 0.29) is 0 Å². The van der Waals surface area contributed by atoms with Crippen LogP contribution in [0.15, 0.2) is 0 Å². The highest BCUT2D eigenvalue weighted by Crippen LogP contribution is 2.19. The summed E-state index contributed by atoms with van der Waals surface area (Å²) in [7, 11) is 0. The molecule has 0 aliphatic carbocycles. The minimum Gasteiger partial charge on any atom is -0.341 e. The number of H-pyrrole nitrogens is 1. The Hall–Kier alpha value is -0.150. The Balaban J connectivity index is 2.64. The van der Waals surface area contributed by atoms with E-state index in [9.17, 15) is 0 Å². The maximum atomic E-state index is 5.18. The quantitative estimate of drug-likeness (QED) is 0.711. The lowest BCUT2D eigenvalue weighted by atomic mass is 10.1. The normalized spacial score (nSPS) is 10.7. The molecular weight excluding hydrogens is 210 g/mol. The highest BCUT2D eigenvalue weighted by atomic mass is 32.1. The van der Waals surface area contributed by atoms with Crippen LogP contribution in [0.25, 0.3) is 0 Å². The minimum atomic E-state index is 0.946. The van der Waals surface area contributed by atoms with Crippen LogP contribution in [0.3, 0.4) is 0 Å². The number of thiazole rings is 1. The highest BCUT2D eigenvalue weighted by molar-refractivity contribution is 7.73. The number of aromatic amines is 1. The topological polar surface area (TPSA) is 15.8 Å². The summed E-state index contributed by atoms with van der Waals surface area (Å²) in [5.41, 5.74) is 1.40. The molecule has 1 N–H and O–H groups in total. The molecule has 0 unspecified atom stereocenters. The molecule has 0 fully saturated rings. The van der Waals surface area contributed by atoms with Crippen molar-refractivity contribution in [1.82, 2.24) is 4.98 Å². The van der Waals surface area contributed by atoms with Crippen molar-refractivity contribution in [2.45, 2.75) is 52.4 Å². The standard InChI is InChI=1S/C11H19NS2/c1-3-5-7-9-10(8-6-4-2)14-11(13)12-9/h3-8H2,1-2H3,(H,12,13). The van der Waals surface area contributed by atoms with E-state index in [2.05, 4.69) is 18.8 Å². The average Bonchev–Trinajstić information content (AvgIpc) is 2.52. The van der Waals surface area contributed by atoms with Crippen LogP contribution in [-0.2, 0) is 12.8 Å². The molecule has 1 aromatic rings. The third-order valence-electron chi connectivity index (χ3n) is 2.34. The number of rotatable bonds is 6. The Kier molecular flexibility index (Phi) is 5.41. The van der Waals surface area contributed by atoms with Crippen LogP contribution in [0.1, 0.15) is 50.1 Å². The summed E-state index contributed by atoms with van der Waals surface area (Å²) in [5.74, 6) is 0. The van der Waals surface area contributed by atoms with Crippen LogP contribution >= 0.6 is 23.6 Å². The molecule has 1 rings (SSSR count). The van der Waals surface area contributed by atoms with Gasteiger partial charge in [-0.3, -0.25) is 0 Å². The van der Waals surface area contributed by atoms with Gasteiger partial charge in [-0.15, -0.1) is 11.3 Å². The van der Waals surface area contributed by atoms with Crippen molar-refractivity contribution in [1.29, 1.82) is 0 Å². The Labute approximate surface area is 95.6 Å². The van der Waals surface area contributed by atoms with Crippen LogP contribution in [0.5, 0.6) is 0 Å². The summed E-state index contributed by atoms with van der Waals surface area (Å²) in [6.07, 6.45) is 7.43. The third-order valence-corrected chi connectivity index (χ3v) is 3.68. The molecule has 0 saturated heterocycles. The maximum absolute atomic E-state index is 5.18. The van der Waals surface area contributed by atoms with Gasteiger partial charge in [-0.05, 0) is 37.9 Å². The Bertz CT molecular complexity index is 283. The largest absolute Gasteiger partial charge is 0.341 e. The number of nitrogens with one attached hydrogen (secondary N) is 1. The molecule has 14 heavy (non-hydrogen) atoms. The first-order valence-electron chi connectivity index (χ1n) is 5.48. The van der Waals surface area contributed by atoms with Crippen LogP contribution in [-0.4, -0.2) is 4.98 Å². The molecule has 0 saturated carbocycles. The van der Waals surface area contributed by atoms with Crippen molar-refractivity contribution in [3.63, 3.8) is 0 Å². The van der Waals surface area contributed by atoms with E-state index >= 15 is 0 Å². The molecule has 0 aromatic carbocycles. The predicted octanol–water partition coefficient (Wildman–Crippen LogP) is 4.49. The van der Waals surface area contributed by atoms with Gasteiger partial charge in [0, 0.05) is 10.6 Å². The second-order valence-corrected chi connectivity index (χ2v) is 5.40. The van der Waals surface area contributed by atoms with Crippen LogP contribution in [0.4, 0.5) is 0 Å². The Morgan fingerprint density at radius 2 is 1.79 bits per heavy atom. The number of aryl methyl sites for hydroxylation is 2. The van der Waals surface area contributed by atoms with Crippen molar-refractivity contribution in [3.8, 4) is 0 Å². The first-order valence-corrected chi connectivity index (χ1v) is 6.71. The second-order valence-electron chi connectivity index (χ2n) is 3.62. The average molecular weight is 229 g/mol. The van der Waals surface area contributed by atoms with E-state index in [1.807, 2.05) is 0 Å². The first-order chi connectivity index (χ1) is 6.77. The summed E-state index contributed by atoms with van der Waals surface area (Å²) < 4.78 is 0.946. The van der Waals surface area contributed by atoms with E-state index in [1.165, 1.54) is 49.1 Å². The number of aromatic nitrogens is 1. The molecule has 80 valence electrons. The van der Waals surface area contributed by atoms with Crippen molar-refractivity contribution >= 4 is 23.6 Å². The molecule has 0 aliphatic rings. The Morgan fingerprint density at radius 3 is 2.43 bits per heavy atom. The molecule has 3 heteroatoms. The lowest BCUT2D eigenvalue weighted by Crippen LogP contribution is -1.91. The molecular formula is C11H19NS2. The molecule has 0 radical (unpaired) electrons. The van der Waals surface area contributed by atoms with E-state index in [0.29, 0.717) is 0 Å². The van der Waals surface area contributed by atoms with Crippen molar-refractivity contribution < 1.29 is 0 Å². The summed E-state index contributed by atoms with van der Waals surface area (Å²) in [5, 5.41) is 0. The molecule has 0 amide bonds. The molecule has 0 bridgehead atoms. The van der Waals surface area contributed by atoms with Gasteiger partial charge < -0.3 is 4.98 Å². The van der Waals surface area contributed by atoms with Gasteiger partial charge in [0.2, 0.25) is 0 Å². The lowest BCUT2D eigenvalue weighted by Gasteiger charge is -2.00. The number of hydrogen-bond donors (Lipinski definition) is 1. The molecule has 1 nitrogen and oxygen atoms in total. The fourth-order valence-electron chi connectivity index (χ4n) is 1.49. The minimum absolute atomic E-state index is 0.946. The van der Waals surface area contributed by atoms with E-state index in [1.54, 1.807) is 11.3 Å². The zero-order valence-electron chi connectivity index (χ0n) is 9.06. The first kappa shape index (κ1) is 11.9. The van der Waals surface area contributed by atoms with Gasteiger partial charge >= 0.3 is 0 Å². The number of hydrogen-bond acceptors (Lipinski definition) is 2. The fourth-order valence-corrected chi connectivity index (χ4v) is 2.83. The highest BCUT2D eigenvalue weighted by Gasteiger charge is 2.04. The van der Waals surface area contributed by atoms with Gasteiger partial charge in [-0.1, -0.05) is 26.7 Å². The fraction of sp³-hybridized carbons (Fsp3) is 0.727. The molecule has 0 spiro atoms. The number of unbranched alkanes of at least 4 members (excludes halogenated alkanes) is 2. The maximum Gasteiger partial charge on any atom is 0.158 e. The van der Waals surface area contributed by atoms with Gasteiger partial charge in [0.1, 0.15) is 0 Å². The van der Waals surface area contributed by atoms with Gasteiger partial charge in [-0.25, -0.2) is 0 Å². The summed E-state index contributed by atoms with van der Waals surface area (Å²) in [4.78, 5) is 4.81. The smallest absolute Gasteiger partial charge is 0.158 e. The van der Waals surface area contributed by atoms with E-state index < -0.39 is 0 Å². The van der Waals surface area contributed by atoms with Crippen LogP contribution in [0, 0.1) is 3.95 Å². The predicted molar refractivity (Wildman–Crippen MR) is 66.7 cm³/mol. The van der Waals surface area contributed by atoms with Gasteiger partial charge in [0.15, 0.2) is 3.95 Å². The van der Waals surface area contributed by atoms with E-state index in [0.717, 1.165) is 3.95 Å². The molecule has 1 aromatic heterocycles. The summed E-state index contributed by atoms with van der Waals surface area (Å²) in [6, 6.07) is 0. The zero-order valence-corrected chi connectivity index (χ0v) is 10.7. The van der Waals surface area contributed by atoms with Gasteiger partial charge in [0.05, 0.1) is 0 Å². The Morgan fingerprint density at radius 1 is 1.14 bits per heavy atom. The van der Waals surface area contributed by atoms with Crippen LogP contribution < -0.4 is 0 Å². The SMILES string of the molecule is CCCCc1[nH]c(=S)sc1CCCC. The monoisotopic (exact) mass is 229 g/mol. The summed E-state index contributed by atoms with van der Waals surface area (Å²) in [6.45, 7) is 4.46. The third kappa shape index (κ3) is 3.54. The van der Waals surface area contributed by atoms with Gasteiger partial charge in [0.25, 0.3) is 0 Å². The van der Waals surface area contributed by atoms with E-state index in [4.69, 9.17) is 12.2 Å². The molecule has 0 aliphatic heterocycles. The summed E-state index contributed by atoms with van der Waals surface area (Å²) >= 11 is 6.95. The molecule has 0 atom stereocenters. The lowest BCUT2D eigenvalue weighted by molar-refractivity contribution is 0.753. The van der Waals surface area contributed by atoms with Gasteiger partial charge in [-0.2, -0.15) is 0 Å². The second kappa shape index (κ2) is 6.36. The van der Waals surface area contributed by atoms with Crippen LogP contribution in [0.2, 0.25) is 0 Å².